The first-order chi connectivity index (χ1) is 10.2. The van der Waals surface area contributed by atoms with E-state index < -0.39 is 0 Å². The fourth-order valence-electron chi connectivity index (χ4n) is 2.00. The van der Waals surface area contributed by atoms with Crippen LogP contribution in [0.15, 0.2) is 58.0 Å². The number of aromatic hydroxyl groups is 1. The molecule has 0 fully saturated rings. The average molecular weight is 347 g/mol. The van der Waals surface area contributed by atoms with Crippen molar-refractivity contribution < 1.29 is 5.11 Å². The van der Waals surface area contributed by atoms with Crippen molar-refractivity contribution in [2.24, 2.45) is 4.99 Å². The maximum atomic E-state index is 9.71. The third-order valence-electron chi connectivity index (χ3n) is 3.20. The van der Waals surface area contributed by atoms with Crippen molar-refractivity contribution in [3.63, 3.8) is 0 Å². The summed E-state index contributed by atoms with van der Waals surface area (Å²) in [4.78, 5) is 6.59. The molecule has 0 amide bonds. The first-order valence-electron chi connectivity index (χ1n) is 6.91. The first kappa shape index (κ1) is 15.6. The summed E-state index contributed by atoms with van der Waals surface area (Å²) in [7, 11) is 2.08. The number of aliphatic imine (C=N–C) groups is 1. The number of hydrogen-bond donors (Lipinski definition) is 1. The SMILES string of the molecule is CN(CCCN=Cc1cc(Br)ccc1O)c1ccccc1. The van der Waals surface area contributed by atoms with E-state index in [1.54, 1.807) is 12.3 Å². The molecule has 0 aliphatic heterocycles. The zero-order chi connectivity index (χ0) is 15.1. The Balaban J connectivity index is 1.79. The lowest BCUT2D eigenvalue weighted by molar-refractivity contribution is 0.474. The zero-order valence-electron chi connectivity index (χ0n) is 12.0. The van der Waals surface area contributed by atoms with E-state index in [1.807, 2.05) is 30.3 Å². The van der Waals surface area contributed by atoms with E-state index in [-0.39, 0.29) is 5.75 Å². The predicted octanol–water partition coefficient (Wildman–Crippen LogP) is 4.10. The van der Waals surface area contributed by atoms with Crippen LogP contribution in [0, 0.1) is 0 Å². The molecular formula is C17H19BrN2O. The van der Waals surface area contributed by atoms with Gasteiger partial charge in [-0.1, -0.05) is 34.1 Å². The van der Waals surface area contributed by atoms with Crippen LogP contribution < -0.4 is 4.90 Å². The maximum Gasteiger partial charge on any atom is 0.124 e. The minimum absolute atomic E-state index is 0.253. The van der Waals surface area contributed by atoms with Crippen LogP contribution >= 0.6 is 15.9 Å². The largest absolute Gasteiger partial charge is 0.507 e. The number of benzene rings is 2. The molecule has 0 spiro atoms. The van der Waals surface area contributed by atoms with Crippen molar-refractivity contribution in [1.29, 1.82) is 0 Å². The van der Waals surface area contributed by atoms with Gasteiger partial charge in [-0.3, -0.25) is 4.99 Å². The summed E-state index contributed by atoms with van der Waals surface area (Å²) in [6.07, 6.45) is 2.69. The molecule has 2 rings (SSSR count). The molecule has 0 aliphatic carbocycles. The van der Waals surface area contributed by atoms with Gasteiger partial charge in [-0.05, 0) is 36.8 Å². The van der Waals surface area contributed by atoms with Gasteiger partial charge in [-0.15, -0.1) is 0 Å². The van der Waals surface area contributed by atoms with Crippen LogP contribution in [0.4, 0.5) is 5.69 Å². The van der Waals surface area contributed by atoms with Gasteiger partial charge in [0.25, 0.3) is 0 Å². The van der Waals surface area contributed by atoms with Crippen LogP contribution in [0.25, 0.3) is 0 Å². The van der Waals surface area contributed by atoms with Gasteiger partial charge in [0.1, 0.15) is 5.75 Å². The average Bonchev–Trinajstić information content (AvgIpc) is 2.51. The van der Waals surface area contributed by atoms with Crippen LogP contribution in [0.2, 0.25) is 0 Å². The molecule has 110 valence electrons. The van der Waals surface area contributed by atoms with E-state index in [2.05, 4.69) is 45.0 Å². The van der Waals surface area contributed by atoms with Gasteiger partial charge < -0.3 is 10.0 Å². The van der Waals surface area contributed by atoms with Crippen molar-refractivity contribution in [3.8, 4) is 5.75 Å². The summed E-state index contributed by atoms with van der Waals surface area (Å²) in [6, 6.07) is 15.6. The van der Waals surface area contributed by atoms with Gasteiger partial charge in [0, 0.05) is 42.1 Å². The van der Waals surface area contributed by atoms with E-state index in [0.717, 1.165) is 29.5 Å². The number of phenols is 1. The van der Waals surface area contributed by atoms with Crippen molar-refractivity contribution in [2.45, 2.75) is 6.42 Å². The Kier molecular flexibility index (Phi) is 5.81. The van der Waals surface area contributed by atoms with Gasteiger partial charge in [0.2, 0.25) is 0 Å². The number of phenolic OH excluding ortho intramolecular Hbond substituents is 1. The van der Waals surface area contributed by atoms with Crippen LogP contribution in [-0.2, 0) is 0 Å². The minimum atomic E-state index is 0.253. The Labute approximate surface area is 134 Å². The molecule has 3 nitrogen and oxygen atoms in total. The lowest BCUT2D eigenvalue weighted by Crippen LogP contribution is -2.18. The minimum Gasteiger partial charge on any atom is -0.507 e. The van der Waals surface area contributed by atoms with Gasteiger partial charge in [0.15, 0.2) is 0 Å². The van der Waals surface area contributed by atoms with Crippen molar-refractivity contribution >= 4 is 27.8 Å². The highest BCUT2D eigenvalue weighted by atomic mass is 79.9. The summed E-state index contributed by atoms with van der Waals surface area (Å²) in [6.45, 7) is 1.69. The summed E-state index contributed by atoms with van der Waals surface area (Å²) >= 11 is 3.38. The molecule has 0 saturated carbocycles. The van der Waals surface area contributed by atoms with E-state index in [9.17, 15) is 5.11 Å². The standard InChI is InChI=1S/C17H19BrN2O/c1-20(16-6-3-2-4-7-16)11-5-10-19-13-14-12-15(18)8-9-17(14)21/h2-4,6-9,12-13,21H,5,10-11H2,1H3. The molecule has 21 heavy (non-hydrogen) atoms. The molecule has 0 heterocycles. The third-order valence-corrected chi connectivity index (χ3v) is 3.69. The molecule has 0 saturated heterocycles. The Hall–Kier alpha value is -1.81. The topological polar surface area (TPSA) is 35.8 Å². The van der Waals surface area contributed by atoms with Crippen molar-refractivity contribution in [1.82, 2.24) is 0 Å². The highest BCUT2D eigenvalue weighted by Gasteiger charge is 2.00. The first-order valence-corrected chi connectivity index (χ1v) is 7.70. The second kappa shape index (κ2) is 7.84. The molecule has 0 bridgehead atoms. The summed E-state index contributed by atoms with van der Waals surface area (Å²) in [5, 5.41) is 9.71. The third kappa shape index (κ3) is 4.90. The lowest BCUT2D eigenvalue weighted by Gasteiger charge is -2.18. The highest BCUT2D eigenvalue weighted by molar-refractivity contribution is 9.10. The van der Waals surface area contributed by atoms with Gasteiger partial charge >= 0.3 is 0 Å². The van der Waals surface area contributed by atoms with E-state index in [0.29, 0.717) is 0 Å². The zero-order valence-corrected chi connectivity index (χ0v) is 13.6. The number of halogens is 1. The fourth-order valence-corrected chi connectivity index (χ4v) is 2.38. The van der Waals surface area contributed by atoms with Gasteiger partial charge in [0.05, 0.1) is 0 Å². The van der Waals surface area contributed by atoms with Crippen molar-refractivity contribution in [2.75, 3.05) is 25.0 Å². The normalized spacial score (nSPS) is 11.0. The summed E-state index contributed by atoms with van der Waals surface area (Å²) in [5.41, 5.74) is 1.95. The quantitative estimate of drug-likeness (QED) is 0.631. The van der Waals surface area contributed by atoms with Crippen LogP contribution in [-0.4, -0.2) is 31.5 Å². The maximum absolute atomic E-state index is 9.71. The number of hydrogen-bond acceptors (Lipinski definition) is 3. The number of para-hydroxylation sites is 1. The number of rotatable bonds is 6. The highest BCUT2D eigenvalue weighted by Crippen LogP contribution is 2.20. The Morgan fingerprint density at radius 3 is 2.71 bits per heavy atom. The monoisotopic (exact) mass is 346 g/mol. The molecular weight excluding hydrogens is 328 g/mol. The van der Waals surface area contributed by atoms with Crippen LogP contribution in [0.3, 0.4) is 0 Å². The second-order valence-electron chi connectivity index (χ2n) is 4.85. The van der Waals surface area contributed by atoms with Crippen molar-refractivity contribution in [3.05, 3.63) is 58.6 Å². The molecule has 2 aromatic carbocycles. The molecule has 0 radical (unpaired) electrons. The summed E-state index contributed by atoms with van der Waals surface area (Å²) < 4.78 is 0.936. The lowest BCUT2D eigenvalue weighted by atomic mass is 10.2. The smallest absolute Gasteiger partial charge is 0.124 e. The number of nitrogens with zero attached hydrogens (tertiary/aromatic N) is 2. The molecule has 0 unspecified atom stereocenters. The molecule has 0 aliphatic rings. The Morgan fingerprint density at radius 2 is 1.95 bits per heavy atom. The second-order valence-corrected chi connectivity index (χ2v) is 5.76. The Morgan fingerprint density at radius 1 is 1.19 bits per heavy atom. The van der Waals surface area contributed by atoms with Crippen LogP contribution in [0.1, 0.15) is 12.0 Å². The molecule has 4 heteroatoms. The van der Waals surface area contributed by atoms with E-state index in [4.69, 9.17) is 0 Å². The predicted molar refractivity (Wildman–Crippen MR) is 92.6 cm³/mol. The molecule has 1 N–H and O–H groups in total. The molecule has 0 aromatic heterocycles. The molecule has 2 aromatic rings. The summed E-state index contributed by atoms with van der Waals surface area (Å²) in [5.74, 6) is 0.253. The van der Waals surface area contributed by atoms with Gasteiger partial charge in [-0.2, -0.15) is 0 Å². The van der Waals surface area contributed by atoms with E-state index >= 15 is 0 Å². The molecule has 0 atom stereocenters. The van der Waals surface area contributed by atoms with Crippen LogP contribution in [0.5, 0.6) is 5.75 Å². The van der Waals surface area contributed by atoms with E-state index in [1.165, 1.54) is 5.69 Å². The fraction of sp³-hybridized carbons (Fsp3) is 0.235. The Bertz CT molecular complexity index is 599. The van der Waals surface area contributed by atoms with Gasteiger partial charge in [-0.25, -0.2) is 0 Å². The number of anilines is 1.